The van der Waals surface area contributed by atoms with Gasteiger partial charge in [0.15, 0.2) is 0 Å². The van der Waals surface area contributed by atoms with E-state index in [0.717, 1.165) is 41.0 Å². The molecular formula is C19H20N2O3S. The molecule has 3 N–H and O–H groups in total. The van der Waals surface area contributed by atoms with E-state index in [9.17, 15) is 9.59 Å². The van der Waals surface area contributed by atoms with Crippen molar-refractivity contribution in [3.8, 4) is 5.75 Å². The van der Waals surface area contributed by atoms with Gasteiger partial charge in [-0.15, -0.1) is 11.3 Å². The van der Waals surface area contributed by atoms with Crippen LogP contribution in [0.4, 0.5) is 5.00 Å². The third-order valence-electron chi connectivity index (χ3n) is 4.02. The molecule has 1 aliphatic carbocycles. The van der Waals surface area contributed by atoms with Crippen LogP contribution in [0.15, 0.2) is 30.3 Å². The van der Waals surface area contributed by atoms with Crippen LogP contribution in [0.2, 0.25) is 0 Å². The summed E-state index contributed by atoms with van der Waals surface area (Å²) in [7, 11) is 0. The van der Waals surface area contributed by atoms with Crippen LogP contribution in [0.5, 0.6) is 5.75 Å². The fraction of sp³-hybridized carbons (Fsp3) is 0.263. The van der Waals surface area contributed by atoms with Gasteiger partial charge in [0.05, 0.1) is 12.2 Å². The minimum atomic E-state index is -0.481. The molecule has 0 spiro atoms. The number of rotatable bonds is 6. The Hall–Kier alpha value is -2.60. The number of ether oxygens (including phenoxy) is 1. The predicted molar refractivity (Wildman–Crippen MR) is 100 cm³/mol. The molecule has 3 rings (SSSR count). The Kier molecular flexibility index (Phi) is 5.19. The Morgan fingerprint density at radius 1 is 1.28 bits per heavy atom. The summed E-state index contributed by atoms with van der Waals surface area (Å²) in [6.45, 7) is 2.55. The molecular weight excluding hydrogens is 336 g/mol. The van der Waals surface area contributed by atoms with Gasteiger partial charge in [0.2, 0.25) is 5.91 Å². The molecule has 0 radical (unpaired) electrons. The van der Waals surface area contributed by atoms with Crippen molar-refractivity contribution in [3.05, 3.63) is 51.9 Å². The first-order valence-corrected chi connectivity index (χ1v) is 9.06. The van der Waals surface area contributed by atoms with Crippen molar-refractivity contribution in [2.75, 3.05) is 11.9 Å². The molecule has 5 nitrogen and oxygen atoms in total. The van der Waals surface area contributed by atoms with Gasteiger partial charge in [-0.2, -0.15) is 0 Å². The Labute approximate surface area is 150 Å². The number of fused-ring (bicyclic) bond motifs is 1. The third kappa shape index (κ3) is 3.91. The zero-order chi connectivity index (χ0) is 17.8. The van der Waals surface area contributed by atoms with Gasteiger partial charge in [-0.25, -0.2) is 0 Å². The number of nitrogens with two attached hydrogens (primary N) is 1. The summed E-state index contributed by atoms with van der Waals surface area (Å²) in [4.78, 5) is 25.1. The molecule has 2 amide bonds. The maximum Gasteiger partial charge on any atom is 0.251 e. The van der Waals surface area contributed by atoms with Crippen molar-refractivity contribution in [1.29, 1.82) is 0 Å². The van der Waals surface area contributed by atoms with Gasteiger partial charge in [0, 0.05) is 11.0 Å². The highest BCUT2D eigenvalue weighted by Crippen LogP contribution is 2.38. The molecule has 0 aliphatic heterocycles. The van der Waals surface area contributed by atoms with Crippen LogP contribution in [0, 0.1) is 0 Å². The van der Waals surface area contributed by atoms with E-state index in [1.165, 1.54) is 17.4 Å². The number of nitrogens with one attached hydrogen (secondary N) is 1. The van der Waals surface area contributed by atoms with E-state index >= 15 is 0 Å². The number of carbonyl (C=O) groups excluding carboxylic acids is 2. The molecule has 0 saturated carbocycles. The van der Waals surface area contributed by atoms with E-state index in [2.05, 4.69) is 5.32 Å². The van der Waals surface area contributed by atoms with Gasteiger partial charge >= 0.3 is 0 Å². The lowest BCUT2D eigenvalue weighted by atomic mass is 10.1. The summed E-state index contributed by atoms with van der Waals surface area (Å²) in [6, 6.07) is 7.47. The van der Waals surface area contributed by atoms with Gasteiger partial charge in [-0.3, -0.25) is 9.59 Å². The van der Waals surface area contributed by atoms with Crippen molar-refractivity contribution in [1.82, 2.24) is 0 Å². The fourth-order valence-electron chi connectivity index (χ4n) is 2.92. The first-order valence-electron chi connectivity index (χ1n) is 8.24. The molecule has 130 valence electrons. The molecule has 25 heavy (non-hydrogen) atoms. The lowest BCUT2D eigenvalue weighted by Gasteiger charge is -2.04. The molecule has 0 fully saturated rings. The number of carbonyl (C=O) groups is 2. The molecule has 2 aromatic rings. The minimum absolute atomic E-state index is 0.281. The standard InChI is InChI=1S/C19H20N2O3S/c1-2-24-13-9-6-12(7-10-13)8-11-16(22)21-19-17(18(20)23)14-4-3-5-15(14)25-19/h6-11H,2-5H2,1H3,(H2,20,23)(H,21,22)/b11-8+. The SMILES string of the molecule is CCOc1ccc(/C=C/C(=O)Nc2sc3c(c2C(N)=O)CCC3)cc1. The highest BCUT2D eigenvalue weighted by Gasteiger charge is 2.25. The molecule has 0 bridgehead atoms. The summed E-state index contributed by atoms with van der Waals surface area (Å²) in [5.74, 6) is 0.0322. The number of amides is 2. The van der Waals surface area contributed by atoms with E-state index in [1.807, 2.05) is 31.2 Å². The van der Waals surface area contributed by atoms with Crippen molar-refractivity contribution in [2.24, 2.45) is 5.73 Å². The summed E-state index contributed by atoms with van der Waals surface area (Å²) in [5.41, 5.74) is 7.86. The second kappa shape index (κ2) is 7.53. The van der Waals surface area contributed by atoms with E-state index < -0.39 is 5.91 Å². The van der Waals surface area contributed by atoms with Crippen molar-refractivity contribution in [2.45, 2.75) is 26.2 Å². The van der Waals surface area contributed by atoms with Crippen LogP contribution in [-0.2, 0) is 17.6 Å². The minimum Gasteiger partial charge on any atom is -0.494 e. The highest BCUT2D eigenvalue weighted by atomic mass is 32.1. The number of primary amides is 1. The van der Waals surface area contributed by atoms with Crippen LogP contribution in [-0.4, -0.2) is 18.4 Å². The number of hydrogen-bond acceptors (Lipinski definition) is 4. The van der Waals surface area contributed by atoms with Crippen LogP contribution in [0.25, 0.3) is 6.08 Å². The second-order valence-electron chi connectivity index (χ2n) is 5.75. The predicted octanol–water partition coefficient (Wildman–Crippen LogP) is 3.39. The third-order valence-corrected chi connectivity index (χ3v) is 5.23. The quantitative estimate of drug-likeness (QED) is 0.779. The van der Waals surface area contributed by atoms with E-state index in [4.69, 9.17) is 10.5 Å². The Balaban J connectivity index is 1.69. The average Bonchev–Trinajstić information content (AvgIpc) is 3.14. The maximum absolute atomic E-state index is 12.2. The van der Waals surface area contributed by atoms with Crippen molar-refractivity contribution >= 4 is 34.2 Å². The van der Waals surface area contributed by atoms with E-state index in [1.54, 1.807) is 6.08 Å². The number of anilines is 1. The van der Waals surface area contributed by atoms with Gasteiger partial charge in [0.1, 0.15) is 10.8 Å². The molecule has 1 aliphatic rings. The van der Waals surface area contributed by atoms with Crippen LogP contribution in [0.3, 0.4) is 0 Å². The van der Waals surface area contributed by atoms with E-state index in [0.29, 0.717) is 17.2 Å². The first-order chi connectivity index (χ1) is 12.1. The van der Waals surface area contributed by atoms with E-state index in [-0.39, 0.29) is 5.91 Å². The summed E-state index contributed by atoms with van der Waals surface area (Å²) < 4.78 is 5.38. The molecule has 1 heterocycles. The van der Waals surface area contributed by atoms with Gasteiger partial charge in [0.25, 0.3) is 5.91 Å². The van der Waals surface area contributed by atoms with Crippen molar-refractivity contribution in [3.63, 3.8) is 0 Å². The summed E-state index contributed by atoms with van der Waals surface area (Å²) in [6.07, 6.45) is 6.00. The Bertz CT molecular complexity index is 822. The monoisotopic (exact) mass is 356 g/mol. The molecule has 6 heteroatoms. The van der Waals surface area contributed by atoms with Crippen molar-refractivity contribution < 1.29 is 14.3 Å². The number of hydrogen-bond donors (Lipinski definition) is 2. The normalized spacial score (nSPS) is 13.0. The van der Waals surface area contributed by atoms with Crippen LogP contribution >= 0.6 is 11.3 Å². The highest BCUT2D eigenvalue weighted by molar-refractivity contribution is 7.17. The zero-order valence-electron chi connectivity index (χ0n) is 14.0. The summed E-state index contributed by atoms with van der Waals surface area (Å²) in [5, 5.41) is 3.34. The first kappa shape index (κ1) is 17.2. The van der Waals surface area contributed by atoms with Crippen LogP contribution < -0.4 is 15.8 Å². The summed E-state index contributed by atoms with van der Waals surface area (Å²) >= 11 is 1.45. The maximum atomic E-state index is 12.2. The number of benzene rings is 1. The van der Waals surface area contributed by atoms with Crippen LogP contribution in [0.1, 0.15) is 39.7 Å². The van der Waals surface area contributed by atoms with Gasteiger partial charge in [-0.05, 0) is 55.5 Å². The number of thiophene rings is 1. The lowest BCUT2D eigenvalue weighted by molar-refractivity contribution is -0.111. The lowest BCUT2D eigenvalue weighted by Crippen LogP contribution is -2.16. The topological polar surface area (TPSA) is 81.4 Å². The molecule has 0 saturated heterocycles. The molecule has 0 unspecified atom stereocenters. The molecule has 1 aromatic heterocycles. The Morgan fingerprint density at radius 3 is 2.72 bits per heavy atom. The largest absolute Gasteiger partial charge is 0.494 e. The van der Waals surface area contributed by atoms with Gasteiger partial charge in [-0.1, -0.05) is 12.1 Å². The molecule has 0 atom stereocenters. The fourth-order valence-corrected chi connectivity index (χ4v) is 4.22. The van der Waals surface area contributed by atoms with Gasteiger partial charge < -0.3 is 15.8 Å². The Morgan fingerprint density at radius 2 is 2.04 bits per heavy atom. The molecule has 1 aromatic carbocycles. The number of aryl methyl sites for hydroxylation is 1. The smallest absolute Gasteiger partial charge is 0.251 e. The average molecular weight is 356 g/mol. The second-order valence-corrected chi connectivity index (χ2v) is 6.86. The zero-order valence-corrected chi connectivity index (χ0v) is 14.8.